The average molecular weight is 444 g/mol. The third kappa shape index (κ3) is 5.11. The number of rotatable bonds is 8. The van der Waals surface area contributed by atoms with E-state index in [1.54, 1.807) is 48.5 Å². The molecule has 0 radical (unpaired) electrons. The second kappa shape index (κ2) is 9.30. The van der Waals surface area contributed by atoms with Crippen molar-refractivity contribution < 1.29 is 22.8 Å². The zero-order chi connectivity index (χ0) is 22.6. The summed E-state index contributed by atoms with van der Waals surface area (Å²) in [7, 11) is -2.24. The SMILES string of the molecule is Cc1ccc(S(=O)(=O)N(C)c2ccc(C(=O)NCCCN3C(=O)CCC3=O)cc2)cc1. The van der Waals surface area contributed by atoms with Crippen molar-refractivity contribution in [2.45, 2.75) is 31.1 Å². The van der Waals surface area contributed by atoms with Crippen LogP contribution in [0.4, 0.5) is 5.69 Å². The zero-order valence-corrected chi connectivity index (χ0v) is 18.3. The molecule has 3 rings (SSSR count). The quantitative estimate of drug-likeness (QED) is 0.497. The van der Waals surface area contributed by atoms with Crippen molar-refractivity contribution in [2.75, 3.05) is 24.4 Å². The van der Waals surface area contributed by atoms with Gasteiger partial charge in [-0.3, -0.25) is 23.6 Å². The molecular weight excluding hydrogens is 418 g/mol. The molecule has 9 heteroatoms. The van der Waals surface area contributed by atoms with Crippen molar-refractivity contribution in [2.24, 2.45) is 0 Å². The van der Waals surface area contributed by atoms with E-state index in [9.17, 15) is 22.8 Å². The number of hydrogen-bond donors (Lipinski definition) is 1. The van der Waals surface area contributed by atoms with E-state index in [0.717, 1.165) is 5.56 Å². The fraction of sp³-hybridized carbons (Fsp3) is 0.318. The summed E-state index contributed by atoms with van der Waals surface area (Å²) in [6, 6.07) is 12.9. The standard InChI is InChI=1S/C22H25N3O5S/c1-16-4-10-19(11-5-16)31(29,30)24(2)18-8-6-17(7-9-18)22(28)23-14-3-15-25-20(26)12-13-21(25)27/h4-11H,3,12-15H2,1-2H3,(H,23,28). The van der Waals surface area contributed by atoms with Gasteiger partial charge < -0.3 is 5.32 Å². The lowest BCUT2D eigenvalue weighted by Crippen LogP contribution is -2.33. The van der Waals surface area contributed by atoms with Crippen molar-refractivity contribution >= 4 is 33.4 Å². The largest absolute Gasteiger partial charge is 0.352 e. The molecule has 8 nitrogen and oxygen atoms in total. The Morgan fingerprint density at radius 1 is 1.00 bits per heavy atom. The topological polar surface area (TPSA) is 104 Å². The molecule has 2 aromatic carbocycles. The molecule has 1 aliphatic heterocycles. The van der Waals surface area contributed by atoms with Gasteiger partial charge in [-0.2, -0.15) is 0 Å². The van der Waals surface area contributed by atoms with E-state index < -0.39 is 10.0 Å². The lowest BCUT2D eigenvalue weighted by atomic mass is 10.2. The van der Waals surface area contributed by atoms with Gasteiger partial charge in [0, 0.05) is 38.5 Å². The maximum absolute atomic E-state index is 12.8. The number of aryl methyl sites for hydroxylation is 1. The van der Waals surface area contributed by atoms with E-state index in [1.165, 1.54) is 16.3 Å². The Bertz CT molecular complexity index is 1060. The number of benzene rings is 2. The van der Waals surface area contributed by atoms with Gasteiger partial charge in [0.25, 0.3) is 15.9 Å². The summed E-state index contributed by atoms with van der Waals surface area (Å²) in [5.74, 6) is -0.650. The minimum atomic E-state index is -3.70. The number of nitrogens with one attached hydrogen (secondary N) is 1. The van der Waals surface area contributed by atoms with Crippen LogP contribution in [0.25, 0.3) is 0 Å². The first-order valence-corrected chi connectivity index (χ1v) is 11.4. The Kier molecular flexibility index (Phi) is 6.74. The third-order valence-electron chi connectivity index (χ3n) is 5.17. The molecule has 2 aromatic rings. The van der Waals surface area contributed by atoms with E-state index in [1.807, 2.05) is 6.92 Å². The number of sulfonamides is 1. The van der Waals surface area contributed by atoms with Gasteiger partial charge >= 0.3 is 0 Å². The Morgan fingerprint density at radius 2 is 1.58 bits per heavy atom. The summed E-state index contributed by atoms with van der Waals surface area (Å²) in [6.45, 7) is 2.49. The summed E-state index contributed by atoms with van der Waals surface area (Å²) < 4.78 is 26.7. The van der Waals surface area contributed by atoms with Crippen LogP contribution in [0.15, 0.2) is 53.4 Å². The third-order valence-corrected chi connectivity index (χ3v) is 6.97. The Morgan fingerprint density at radius 3 is 2.16 bits per heavy atom. The molecule has 31 heavy (non-hydrogen) atoms. The van der Waals surface area contributed by atoms with Crippen LogP contribution in [-0.2, 0) is 19.6 Å². The Hall–Kier alpha value is -3.20. The van der Waals surface area contributed by atoms with Gasteiger partial charge in [-0.15, -0.1) is 0 Å². The summed E-state index contributed by atoms with van der Waals surface area (Å²) in [4.78, 5) is 36.9. The van der Waals surface area contributed by atoms with E-state index in [2.05, 4.69) is 5.32 Å². The van der Waals surface area contributed by atoms with Crippen LogP contribution in [0.5, 0.6) is 0 Å². The molecule has 3 amide bonds. The smallest absolute Gasteiger partial charge is 0.264 e. The van der Waals surface area contributed by atoms with Crippen molar-refractivity contribution in [3.63, 3.8) is 0 Å². The van der Waals surface area contributed by atoms with Crippen LogP contribution in [0.2, 0.25) is 0 Å². The Labute approximate surface area is 181 Å². The molecule has 0 saturated carbocycles. The van der Waals surface area contributed by atoms with Crippen molar-refractivity contribution in [3.05, 3.63) is 59.7 Å². The number of anilines is 1. The van der Waals surface area contributed by atoms with Gasteiger partial charge in [-0.25, -0.2) is 8.42 Å². The van der Waals surface area contributed by atoms with Crippen LogP contribution in [0.1, 0.15) is 35.2 Å². The van der Waals surface area contributed by atoms with Crippen LogP contribution in [0.3, 0.4) is 0 Å². The number of nitrogens with zero attached hydrogens (tertiary/aromatic N) is 2. The summed E-state index contributed by atoms with van der Waals surface area (Å²) in [6.07, 6.45) is 0.982. The molecule has 0 aromatic heterocycles. The Balaban J connectivity index is 1.56. The molecule has 0 unspecified atom stereocenters. The summed E-state index contributed by atoms with van der Waals surface area (Å²) >= 11 is 0. The zero-order valence-electron chi connectivity index (χ0n) is 17.5. The van der Waals surface area contributed by atoms with Crippen molar-refractivity contribution in [3.8, 4) is 0 Å². The van der Waals surface area contributed by atoms with Gasteiger partial charge in [-0.1, -0.05) is 17.7 Å². The molecule has 1 saturated heterocycles. The van der Waals surface area contributed by atoms with Gasteiger partial charge in [0.2, 0.25) is 11.8 Å². The number of likely N-dealkylation sites (tertiary alicyclic amines) is 1. The minimum absolute atomic E-state index is 0.170. The monoisotopic (exact) mass is 443 g/mol. The van der Waals surface area contributed by atoms with Crippen molar-refractivity contribution in [1.82, 2.24) is 10.2 Å². The van der Waals surface area contributed by atoms with Gasteiger partial charge in [0.05, 0.1) is 10.6 Å². The van der Waals surface area contributed by atoms with Gasteiger partial charge in [0.15, 0.2) is 0 Å². The van der Waals surface area contributed by atoms with E-state index in [-0.39, 0.29) is 35.5 Å². The van der Waals surface area contributed by atoms with Crippen molar-refractivity contribution in [1.29, 1.82) is 0 Å². The number of carbonyl (C=O) groups excluding carboxylic acids is 3. The van der Waals surface area contributed by atoms with E-state index >= 15 is 0 Å². The fourth-order valence-corrected chi connectivity index (χ4v) is 4.44. The maximum Gasteiger partial charge on any atom is 0.264 e. The maximum atomic E-state index is 12.8. The van der Waals surface area contributed by atoms with Crippen LogP contribution in [0, 0.1) is 6.92 Å². The first-order valence-electron chi connectivity index (χ1n) is 9.97. The highest BCUT2D eigenvalue weighted by Crippen LogP contribution is 2.22. The average Bonchev–Trinajstić information content (AvgIpc) is 3.08. The fourth-order valence-electron chi connectivity index (χ4n) is 3.24. The lowest BCUT2D eigenvalue weighted by Gasteiger charge is -2.20. The molecule has 1 fully saturated rings. The predicted molar refractivity (Wildman–Crippen MR) is 116 cm³/mol. The highest BCUT2D eigenvalue weighted by molar-refractivity contribution is 7.92. The van der Waals surface area contributed by atoms with Crippen LogP contribution < -0.4 is 9.62 Å². The number of amides is 3. The van der Waals surface area contributed by atoms with Gasteiger partial charge in [0.1, 0.15) is 0 Å². The predicted octanol–water partition coefficient (Wildman–Crippen LogP) is 2.09. The molecule has 0 bridgehead atoms. The summed E-state index contributed by atoms with van der Waals surface area (Å²) in [5.41, 5.74) is 1.79. The van der Waals surface area contributed by atoms with E-state index in [4.69, 9.17) is 0 Å². The van der Waals surface area contributed by atoms with Gasteiger partial charge in [-0.05, 0) is 49.7 Å². The molecule has 0 atom stereocenters. The first kappa shape index (κ1) is 22.5. The summed E-state index contributed by atoms with van der Waals surface area (Å²) in [5, 5.41) is 2.74. The molecule has 0 spiro atoms. The second-order valence-corrected chi connectivity index (χ2v) is 9.35. The highest BCUT2D eigenvalue weighted by atomic mass is 32.2. The lowest BCUT2D eigenvalue weighted by molar-refractivity contribution is -0.138. The molecule has 0 aliphatic carbocycles. The first-order chi connectivity index (χ1) is 14.7. The number of imide groups is 1. The normalized spacial score (nSPS) is 14.1. The molecule has 1 aliphatic rings. The minimum Gasteiger partial charge on any atom is -0.352 e. The van der Waals surface area contributed by atoms with Crippen LogP contribution >= 0.6 is 0 Å². The van der Waals surface area contributed by atoms with Crippen LogP contribution in [-0.4, -0.2) is 51.2 Å². The molecule has 1 N–H and O–H groups in total. The second-order valence-electron chi connectivity index (χ2n) is 7.38. The number of carbonyl (C=O) groups is 3. The highest BCUT2D eigenvalue weighted by Gasteiger charge is 2.28. The number of hydrogen-bond acceptors (Lipinski definition) is 5. The molecule has 1 heterocycles. The molecule has 164 valence electrons. The molecular formula is C22H25N3O5S. The van der Waals surface area contributed by atoms with E-state index in [0.29, 0.717) is 30.8 Å².